The average molecular weight is 157 g/mol. The van der Waals surface area contributed by atoms with Crippen molar-refractivity contribution >= 4 is 0 Å². The summed E-state index contributed by atoms with van der Waals surface area (Å²) in [5.74, 6) is 0. The zero-order valence-corrected chi connectivity index (χ0v) is 6.68. The Morgan fingerprint density at radius 3 is 2.45 bits per heavy atom. The second-order valence-corrected chi connectivity index (χ2v) is 3.88. The summed E-state index contributed by atoms with van der Waals surface area (Å²) in [7, 11) is 0. The van der Waals surface area contributed by atoms with Crippen LogP contribution in [0, 0.1) is 5.41 Å². The normalized spacial score (nSPS) is 40.9. The van der Waals surface area contributed by atoms with Gasteiger partial charge in [0.15, 0.2) is 0 Å². The summed E-state index contributed by atoms with van der Waals surface area (Å²) in [4.78, 5) is 0. The van der Waals surface area contributed by atoms with Gasteiger partial charge in [0.1, 0.15) is 0 Å². The predicted molar refractivity (Wildman–Crippen MR) is 41.1 cm³/mol. The molecule has 1 spiro atoms. The molecule has 1 saturated heterocycles. The van der Waals surface area contributed by atoms with Crippen molar-refractivity contribution in [3.8, 4) is 0 Å². The second-order valence-electron chi connectivity index (χ2n) is 3.88. The van der Waals surface area contributed by atoms with Gasteiger partial charge in [0.2, 0.25) is 0 Å². The lowest BCUT2D eigenvalue weighted by molar-refractivity contribution is 0.0439. The van der Waals surface area contributed by atoms with Crippen LogP contribution >= 0.6 is 0 Å². The Kier molecular flexibility index (Phi) is 1.50. The molecule has 3 N–H and O–H groups in total. The molecule has 1 aliphatic carbocycles. The quantitative estimate of drug-likeness (QED) is 0.558. The number of aliphatic hydroxyl groups is 1. The number of aliphatic hydroxyl groups excluding tert-OH is 1. The van der Waals surface area contributed by atoms with E-state index in [-0.39, 0.29) is 17.6 Å². The van der Waals surface area contributed by atoms with Crippen LogP contribution < -0.4 is 5.73 Å². The Labute approximate surface area is 66.5 Å². The zero-order chi connectivity index (χ0) is 7.95. The van der Waals surface area contributed by atoms with Crippen LogP contribution in [0.2, 0.25) is 0 Å². The van der Waals surface area contributed by atoms with Gasteiger partial charge in [-0.1, -0.05) is 0 Å². The molecule has 2 fully saturated rings. The minimum atomic E-state index is -0.267. The Morgan fingerprint density at radius 1 is 1.36 bits per heavy atom. The fourth-order valence-corrected chi connectivity index (χ4v) is 2.22. The standard InChI is InChI=1S/C8H15NO2/c9-8(6-10)5-7(8)1-3-11-4-2-7/h10H,1-6,9H2. The number of rotatable bonds is 1. The van der Waals surface area contributed by atoms with Crippen LogP contribution in [0.15, 0.2) is 0 Å². The molecule has 3 heteroatoms. The van der Waals surface area contributed by atoms with Crippen molar-refractivity contribution in [2.45, 2.75) is 24.8 Å². The van der Waals surface area contributed by atoms with Crippen LogP contribution in [0.3, 0.4) is 0 Å². The third-order valence-corrected chi connectivity index (χ3v) is 3.32. The Morgan fingerprint density at radius 2 is 2.00 bits per heavy atom. The third kappa shape index (κ3) is 0.916. The van der Waals surface area contributed by atoms with Gasteiger partial charge >= 0.3 is 0 Å². The first-order valence-corrected chi connectivity index (χ1v) is 4.20. The van der Waals surface area contributed by atoms with Crippen molar-refractivity contribution < 1.29 is 9.84 Å². The smallest absolute Gasteiger partial charge is 0.0616 e. The summed E-state index contributed by atoms with van der Waals surface area (Å²) in [5, 5.41) is 9.02. The van der Waals surface area contributed by atoms with Crippen molar-refractivity contribution in [1.82, 2.24) is 0 Å². The zero-order valence-electron chi connectivity index (χ0n) is 6.68. The molecule has 64 valence electrons. The molecule has 0 amide bonds. The number of hydrogen-bond donors (Lipinski definition) is 2. The van der Waals surface area contributed by atoms with Crippen molar-refractivity contribution in [3.63, 3.8) is 0 Å². The van der Waals surface area contributed by atoms with Crippen LogP contribution in [-0.2, 0) is 4.74 Å². The largest absolute Gasteiger partial charge is 0.394 e. The minimum absolute atomic E-state index is 0.132. The van der Waals surface area contributed by atoms with Gasteiger partial charge in [-0.3, -0.25) is 0 Å². The van der Waals surface area contributed by atoms with E-state index < -0.39 is 0 Å². The molecular weight excluding hydrogens is 142 g/mol. The van der Waals surface area contributed by atoms with Crippen LogP contribution in [-0.4, -0.2) is 30.5 Å². The van der Waals surface area contributed by atoms with Gasteiger partial charge < -0.3 is 15.6 Å². The maximum Gasteiger partial charge on any atom is 0.0616 e. The first-order chi connectivity index (χ1) is 5.22. The molecule has 3 nitrogen and oxygen atoms in total. The van der Waals surface area contributed by atoms with E-state index in [0.29, 0.717) is 0 Å². The molecule has 0 radical (unpaired) electrons. The highest BCUT2D eigenvalue weighted by atomic mass is 16.5. The lowest BCUT2D eigenvalue weighted by atomic mass is 9.91. The molecule has 0 aromatic rings. The van der Waals surface area contributed by atoms with Crippen molar-refractivity contribution in [3.05, 3.63) is 0 Å². The highest BCUT2D eigenvalue weighted by Gasteiger charge is 2.64. The third-order valence-electron chi connectivity index (χ3n) is 3.32. The summed E-state index contributed by atoms with van der Waals surface area (Å²) in [6.07, 6.45) is 3.05. The molecule has 1 heterocycles. The van der Waals surface area contributed by atoms with E-state index in [9.17, 15) is 0 Å². The van der Waals surface area contributed by atoms with Gasteiger partial charge in [-0.05, 0) is 24.7 Å². The van der Waals surface area contributed by atoms with Crippen molar-refractivity contribution in [1.29, 1.82) is 0 Å². The van der Waals surface area contributed by atoms with Crippen LogP contribution in [0.4, 0.5) is 0 Å². The van der Waals surface area contributed by atoms with E-state index in [0.717, 1.165) is 32.5 Å². The maximum atomic E-state index is 9.02. The van der Waals surface area contributed by atoms with Gasteiger partial charge in [-0.2, -0.15) is 0 Å². The molecule has 1 aliphatic heterocycles. The molecule has 0 bridgehead atoms. The highest BCUT2D eigenvalue weighted by Crippen LogP contribution is 2.60. The Bertz CT molecular complexity index is 160. The fourth-order valence-electron chi connectivity index (χ4n) is 2.22. The second kappa shape index (κ2) is 2.19. The predicted octanol–water partition coefficient (Wildman–Crippen LogP) is -0.123. The molecule has 2 rings (SSSR count). The van der Waals surface area contributed by atoms with E-state index in [1.165, 1.54) is 0 Å². The Hall–Kier alpha value is -0.120. The number of hydrogen-bond acceptors (Lipinski definition) is 3. The molecular formula is C8H15NO2. The van der Waals surface area contributed by atoms with Gasteiger partial charge in [-0.15, -0.1) is 0 Å². The average Bonchev–Trinajstić information content (AvgIpc) is 2.59. The van der Waals surface area contributed by atoms with Crippen molar-refractivity contribution in [2.24, 2.45) is 11.1 Å². The van der Waals surface area contributed by atoms with Gasteiger partial charge in [0, 0.05) is 18.8 Å². The van der Waals surface area contributed by atoms with Gasteiger partial charge in [0.05, 0.1) is 6.61 Å². The maximum absolute atomic E-state index is 9.02. The molecule has 0 aromatic heterocycles. The van der Waals surface area contributed by atoms with Crippen LogP contribution in [0.25, 0.3) is 0 Å². The molecule has 1 atom stereocenters. The first kappa shape index (κ1) is 7.53. The van der Waals surface area contributed by atoms with Gasteiger partial charge in [0.25, 0.3) is 0 Å². The lowest BCUT2D eigenvalue weighted by Gasteiger charge is -2.25. The van der Waals surface area contributed by atoms with E-state index in [1.54, 1.807) is 0 Å². The number of nitrogens with two attached hydrogens (primary N) is 1. The topological polar surface area (TPSA) is 55.5 Å². The molecule has 1 saturated carbocycles. The molecule has 11 heavy (non-hydrogen) atoms. The highest BCUT2D eigenvalue weighted by molar-refractivity contribution is 5.19. The first-order valence-electron chi connectivity index (χ1n) is 4.20. The molecule has 2 aliphatic rings. The van der Waals surface area contributed by atoms with Crippen LogP contribution in [0.1, 0.15) is 19.3 Å². The molecule has 0 aromatic carbocycles. The number of ether oxygens (including phenoxy) is 1. The summed E-state index contributed by atoms with van der Waals surface area (Å²) < 4.78 is 5.25. The Balaban J connectivity index is 2.03. The molecule has 1 unspecified atom stereocenters. The minimum Gasteiger partial charge on any atom is -0.394 e. The van der Waals surface area contributed by atoms with E-state index in [1.807, 2.05) is 0 Å². The summed E-state index contributed by atoms with van der Waals surface area (Å²) in [6.45, 7) is 1.77. The van der Waals surface area contributed by atoms with E-state index in [2.05, 4.69) is 0 Å². The fraction of sp³-hybridized carbons (Fsp3) is 1.00. The summed E-state index contributed by atoms with van der Waals surface area (Å²) >= 11 is 0. The van der Waals surface area contributed by atoms with E-state index in [4.69, 9.17) is 15.6 Å². The summed E-state index contributed by atoms with van der Waals surface area (Å²) in [6, 6.07) is 0. The lowest BCUT2D eigenvalue weighted by Crippen LogP contribution is -2.37. The van der Waals surface area contributed by atoms with Crippen molar-refractivity contribution in [2.75, 3.05) is 19.8 Å². The summed E-state index contributed by atoms with van der Waals surface area (Å²) in [5.41, 5.74) is 5.92. The van der Waals surface area contributed by atoms with Gasteiger partial charge in [-0.25, -0.2) is 0 Å². The SMILES string of the molecule is NC1(CO)CC12CCOCC2. The monoisotopic (exact) mass is 157 g/mol. The van der Waals surface area contributed by atoms with Crippen LogP contribution in [0.5, 0.6) is 0 Å². The van der Waals surface area contributed by atoms with E-state index >= 15 is 0 Å².